The first-order valence-corrected chi connectivity index (χ1v) is 5.91. The Balaban J connectivity index is 1.59. The Kier molecular flexibility index (Phi) is 2.08. The molecule has 14 heavy (non-hydrogen) atoms. The minimum Gasteiger partial charge on any atom is -0.315 e. The van der Waals surface area contributed by atoms with Gasteiger partial charge < -0.3 is 10.2 Å². The topological polar surface area (TPSA) is 18.5 Å². The first-order chi connectivity index (χ1) is 6.77. The first-order valence-electron chi connectivity index (χ1n) is 5.91. The van der Waals surface area contributed by atoms with Crippen LogP contribution in [-0.4, -0.2) is 62.2 Å². The van der Waals surface area contributed by atoms with Crippen LogP contribution < -0.4 is 5.32 Å². The SMILES string of the molecule is CN1CC2(CCN(C3CCNC3)C2)C1. The van der Waals surface area contributed by atoms with E-state index in [1.807, 2.05) is 0 Å². The van der Waals surface area contributed by atoms with E-state index >= 15 is 0 Å². The highest BCUT2D eigenvalue weighted by Gasteiger charge is 2.47. The van der Waals surface area contributed by atoms with Gasteiger partial charge in [0.1, 0.15) is 0 Å². The fourth-order valence-electron chi connectivity index (χ4n) is 3.59. The van der Waals surface area contributed by atoms with Crippen LogP contribution in [0.3, 0.4) is 0 Å². The Hall–Kier alpha value is -0.120. The molecule has 3 heteroatoms. The summed E-state index contributed by atoms with van der Waals surface area (Å²) in [6.07, 6.45) is 2.81. The van der Waals surface area contributed by atoms with Crippen LogP contribution >= 0.6 is 0 Å². The number of nitrogens with zero attached hydrogens (tertiary/aromatic N) is 2. The first kappa shape index (κ1) is 9.13. The van der Waals surface area contributed by atoms with Gasteiger partial charge in [0.25, 0.3) is 0 Å². The van der Waals surface area contributed by atoms with Crippen LogP contribution in [0, 0.1) is 5.41 Å². The third-order valence-electron chi connectivity index (χ3n) is 4.23. The van der Waals surface area contributed by atoms with Crippen molar-refractivity contribution in [3.8, 4) is 0 Å². The molecule has 3 aliphatic heterocycles. The summed E-state index contributed by atoms with van der Waals surface area (Å²) in [5, 5.41) is 3.47. The fourth-order valence-corrected chi connectivity index (χ4v) is 3.59. The Bertz CT molecular complexity index is 217. The standard InChI is InChI=1S/C11H21N3/c1-13-7-11(8-13)3-5-14(9-11)10-2-4-12-6-10/h10,12H,2-9H2,1H3. The fraction of sp³-hybridized carbons (Fsp3) is 1.00. The van der Waals surface area contributed by atoms with Crippen molar-refractivity contribution in [2.75, 3.05) is 46.3 Å². The van der Waals surface area contributed by atoms with Crippen LogP contribution in [-0.2, 0) is 0 Å². The van der Waals surface area contributed by atoms with E-state index in [-0.39, 0.29) is 0 Å². The summed E-state index contributed by atoms with van der Waals surface area (Å²) in [6.45, 7) is 7.84. The highest BCUT2D eigenvalue weighted by Crippen LogP contribution is 2.39. The summed E-state index contributed by atoms with van der Waals surface area (Å²) < 4.78 is 0. The molecule has 0 aromatic carbocycles. The van der Waals surface area contributed by atoms with Gasteiger partial charge in [0, 0.05) is 37.6 Å². The maximum absolute atomic E-state index is 3.47. The molecule has 0 radical (unpaired) electrons. The molecule has 0 saturated carbocycles. The van der Waals surface area contributed by atoms with Gasteiger partial charge in [-0.1, -0.05) is 0 Å². The molecule has 0 aromatic rings. The van der Waals surface area contributed by atoms with E-state index in [1.165, 1.54) is 52.1 Å². The van der Waals surface area contributed by atoms with E-state index in [2.05, 4.69) is 22.2 Å². The summed E-state index contributed by atoms with van der Waals surface area (Å²) in [5.41, 5.74) is 0.692. The Morgan fingerprint density at radius 1 is 1.29 bits per heavy atom. The number of hydrogen-bond donors (Lipinski definition) is 1. The third-order valence-corrected chi connectivity index (χ3v) is 4.23. The monoisotopic (exact) mass is 195 g/mol. The quantitative estimate of drug-likeness (QED) is 0.635. The second-order valence-corrected chi connectivity index (χ2v) is 5.54. The van der Waals surface area contributed by atoms with Crippen LogP contribution in [0.2, 0.25) is 0 Å². The Morgan fingerprint density at radius 2 is 2.14 bits per heavy atom. The van der Waals surface area contributed by atoms with Gasteiger partial charge >= 0.3 is 0 Å². The predicted octanol–water partition coefficient (Wildman–Crippen LogP) is -0.0142. The van der Waals surface area contributed by atoms with Crippen LogP contribution in [0.4, 0.5) is 0 Å². The molecular weight excluding hydrogens is 174 g/mol. The van der Waals surface area contributed by atoms with E-state index in [0.717, 1.165) is 6.04 Å². The Morgan fingerprint density at radius 3 is 2.79 bits per heavy atom. The van der Waals surface area contributed by atoms with E-state index in [4.69, 9.17) is 0 Å². The normalized spacial score (nSPS) is 37.9. The second-order valence-electron chi connectivity index (χ2n) is 5.54. The van der Waals surface area contributed by atoms with E-state index in [0.29, 0.717) is 5.41 Å². The van der Waals surface area contributed by atoms with Gasteiger partial charge in [0.2, 0.25) is 0 Å². The van der Waals surface area contributed by atoms with Crippen LogP contribution in [0.25, 0.3) is 0 Å². The van der Waals surface area contributed by atoms with Crippen LogP contribution in [0.15, 0.2) is 0 Å². The molecule has 0 aromatic heterocycles. The lowest BCUT2D eigenvalue weighted by molar-refractivity contribution is 0.0273. The second kappa shape index (κ2) is 3.19. The highest BCUT2D eigenvalue weighted by atomic mass is 15.3. The minimum atomic E-state index is 0.692. The molecule has 1 atom stereocenters. The van der Waals surface area contributed by atoms with Crippen molar-refractivity contribution < 1.29 is 0 Å². The minimum absolute atomic E-state index is 0.692. The van der Waals surface area contributed by atoms with Gasteiger partial charge in [0.05, 0.1) is 0 Å². The number of nitrogens with one attached hydrogen (secondary N) is 1. The zero-order valence-electron chi connectivity index (χ0n) is 9.13. The van der Waals surface area contributed by atoms with Crippen molar-refractivity contribution in [2.45, 2.75) is 18.9 Å². The van der Waals surface area contributed by atoms with Gasteiger partial charge in [-0.05, 0) is 33.0 Å². The van der Waals surface area contributed by atoms with Crippen molar-refractivity contribution in [3.63, 3.8) is 0 Å². The van der Waals surface area contributed by atoms with Gasteiger partial charge in [0.15, 0.2) is 0 Å². The van der Waals surface area contributed by atoms with E-state index in [1.54, 1.807) is 0 Å². The molecule has 3 nitrogen and oxygen atoms in total. The van der Waals surface area contributed by atoms with Crippen molar-refractivity contribution in [2.24, 2.45) is 5.41 Å². The van der Waals surface area contributed by atoms with Crippen molar-refractivity contribution in [1.82, 2.24) is 15.1 Å². The van der Waals surface area contributed by atoms with Crippen LogP contribution in [0.1, 0.15) is 12.8 Å². The maximum Gasteiger partial charge on any atom is 0.0232 e. The molecule has 3 rings (SSSR count). The third kappa shape index (κ3) is 1.38. The average Bonchev–Trinajstić information content (AvgIpc) is 2.68. The van der Waals surface area contributed by atoms with E-state index < -0.39 is 0 Å². The van der Waals surface area contributed by atoms with Crippen molar-refractivity contribution >= 4 is 0 Å². The molecule has 0 bridgehead atoms. The van der Waals surface area contributed by atoms with Crippen LogP contribution in [0.5, 0.6) is 0 Å². The summed E-state index contributed by atoms with van der Waals surface area (Å²) in [6, 6.07) is 0.847. The molecule has 1 N–H and O–H groups in total. The van der Waals surface area contributed by atoms with Crippen molar-refractivity contribution in [3.05, 3.63) is 0 Å². The van der Waals surface area contributed by atoms with Gasteiger partial charge in [-0.2, -0.15) is 0 Å². The summed E-state index contributed by atoms with van der Waals surface area (Å²) in [4.78, 5) is 5.18. The maximum atomic E-state index is 3.47. The number of rotatable bonds is 1. The lowest BCUT2D eigenvalue weighted by Gasteiger charge is -2.46. The Labute approximate surface area is 86.4 Å². The van der Waals surface area contributed by atoms with Crippen molar-refractivity contribution in [1.29, 1.82) is 0 Å². The van der Waals surface area contributed by atoms with Gasteiger partial charge in [-0.3, -0.25) is 4.90 Å². The molecule has 3 fully saturated rings. The number of hydrogen-bond acceptors (Lipinski definition) is 3. The molecule has 0 aliphatic carbocycles. The summed E-state index contributed by atoms with van der Waals surface area (Å²) in [5.74, 6) is 0. The molecule has 3 aliphatic rings. The lowest BCUT2D eigenvalue weighted by atomic mass is 9.79. The molecule has 3 saturated heterocycles. The summed E-state index contributed by atoms with van der Waals surface area (Å²) >= 11 is 0. The smallest absolute Gasteiger partial charge is 0.0232 e. The van der Waals surface area contributed by atoms with Gasteiger partial charge in [-0.15, -0.1) is 0 Å². The van der Waals surface area contributed by atoms with E-state index in [9.17, 15) is 0 Å². The molecular formula is C11H21N3. The largest absolute Gasteiger partial charge is 0.315 e. The number of likely N-dealkylation sites (tertiary alicyclic amines) is 2. The molecule has 1 unspecified atom stereocenters. The summed E-state index contributed by atoms with van der Waals surface area (Å²) in [7, 11) is 2.24. The molecule has 0 amide bonds. The van der Waals surface area contributed by atoms with Gasteiger partial charge in [-0.25, -0.2) is 0 Å². The average molecular weight is 195 g/mol. The zero-order chi connectivity index (χ0) is 9.60. The molecule has 80 valence electrons. The molecule has 1 spiro atoms. The highest BCUT2D eigenvalue weighted by molar-refractivity contribution is 5.02. The zero-order valence-corrected chi connectivity index (χ0v) is 9.13. The molecule has 3 heterocycles. The predicted molar refractivity (Wildman–Crippen MR) is 57.4 cm³/mol. The lowest BCUT2D eigenvalue weighted by Crippen LogP contribution is -2.56.